The van der Waals surface area contributed by atoms with E-state index in [1.54, 1.807) is 0 Å². The fourth-order valence-electron chi connectivity index (χ4n) is 5.19. The minimum absolute atomic E-state index is 0. The zero-order chi connectivity index (χ0) is 33.2. The van der Waals surface area contributed by atoms with Crippen molar-refractivity contribution in [1.82, 2.24) is 4.90 Å². The number of aryl methyl sites for hydroxylation is 1. The van der Waals surface area contributed by atoms with E-state index in [2.05, 4.69) is 121 Å². The van der Waals surface area contributed by atoms with Crippen LogP contribution in [0.2, 0.25) is 0 Å². The van der Waals surface area contributed by atoms with Crippen LogP contribution in [0.4, 0.5) is 0 Å². The molecule has 0 saturated carbocycles. The molecule has 1 heterocycles. The maximum atomic E-state index is 5.73. The first kappa shape index (κ1) is 45.4. The molecule has 1 aromatic carbocycles. The highest BCUT2D eigenvalue weighted by Crippen LogP contribution is 2.32. The van der Waals surface area contributed by atoms with Crippen molar-refractivity contribution in [1.29, 1.82) is 0 Å². The van der Waals surface area contributed by atoms with Gasteiger partial charge in [0.2, 0.25) is 0 Å². The third kappa shape index (κ3) is 16.7. The molecular formula is C42H70N2. The number of terminal acetylenes is 1. The van der Waals surface area contributed by atoms with Gasteiger partial charge in [-0.1, -0.05) is 128 Å². The smallest absolute Gasteiger partial charge is 0.0396 e. The van der Waals surface area contributed by atoms with Crippen LogP contribution in [0.15, 0.2) is 95.3 Å². The molecule has 2 heteroatoms. The number of hydrogen-bond acceptors (Lipinski definition) is 2. The van der Waals surface area contributed by atoms with Crippen LogP contribution in [0, 0.1) is 25.2 Å². The van der Waals surface area contributed by atoms with E-state index < -0.39 is 0 Å². The van der Waals surface area contributed by atoms with Crippen LogP contribution in [0.3, 0.4) is 0 Å². The molecule has 1 saturated heterocycles. The summed E-state index contributed by atoms with van der Waals surface area (Å²) in [5.41, 5.74) is 14.5. The highest BCUT2D eigenvalue weighted by molar-refractivity contribution is 5.55. The van der Waals surface area contributed by atoms with Gasteiger partial charge in [0.25, 0.3) is 0 Å². The van der Waals surface area contributed by atoms with Gasteiger partial charge in [-0.15, -0.1) is 12.3 Å². The van der Waals surface area contributed by atoms with Gasteiger partial charge >= 0.3 is 0 Å². The molecule has 1 fully saturated rings. The highest BCUT2D eigenvalue weighted by atomic mass is 15.1. The Balaban J connectivity index is -0.00000150. The fraction of sp³-hybridized carbons (Fsp3) is 0.524. The van der Waals surface area contributed by atoms with E-state index in [1.807, 2.05) is 19.9 Å². The Kier molecular flexibility index (Phi) is 29.7. The molecule has 1 aromatic rings. The van der Waals surface area contributed by atoms with E-state index in [0.29, 0.717) is 6.42 Å². The molecule has 0 spiro atoms. The molecular weight excluding hydrogens is 532 g/mol. The molecule has 0 atom stereocenters. The zero-order valence-corrected chi connectivity index (χ0v) is 29.8. The van der Waals surface area contributed by atoms with Gasteiger partial charge in [-0.2, -0.15) is 0 Å². The lowest BCUT2D eigenvalue weighted by molar-refractivity contribution is 0.229. The van der Waals surface area contributed by atoms with Crippen molar-refractivity contribution >= 4 is 0 Å². The van der Waals surface area contributed by atoms with Gasteiger partial charge in [0.05, 0.1) is 0 Å². The Morgan fingerprint density at radius 2 is 1.57 bits per heavy atom. The summed E-state index contributed by atoms with van der Waals surface area (Å²) in [6.45, 7) is 29.5. The minimum atomic E-state index is 0. The summed E-state index contributed by atoms with van der Waals surface area (Å²) in [6.07, 6.45) is 23.6. The monoisotopic (exact) mass is 603 g/mol. The molecule has 0 aliphatic carbocycles. The van der Waals surface area contributed by atoms with Crippen LogP contribution in [0.5, 0.6) is 0 Å². The number of nitrogens with two attached hydrogens (primary N) is 1. The predicted octanol–water partition coefficient (Wildman–Crippen LogP) is 12.0. The van der Waals surface area contributed by atoms with Crippen LogP contribution in [0.25, 0.3) is 0 Å². The van der Waals surface area contributed by atoms with Crippen molar-refractivity contribution in [3.63, 3.8) is 0 Å². The van der Waals surface area contributed by atoms with E-state index in [1.165, 1.54) is 79.1 Å². The predicted molar refractivity (Wildman–Crippen MR) is 204 cm³/mol. The number of allylic oxidation sites excluding steroid dienone is 8. The van der Waals surface area contributed by atoms with Crippen molar-refractivity contribution in [3.8, 4) is 12.3 Å². The summed E-state index contributed by atoms with van der Waals surface area (Å²) in [5, 5.41) is 0. The molecule has 2 nitrogen and oxygen atoms in total. The molecule has 1 aliphatic heterocycles. The Labute approximate surface area is 276 Å². The van der Waals surface area contributed by atoms with E-state index in [-0.39, 0.29) is 7.43 Å². The first-order valence-electron chi connectivity index (χ1n) is 16.7. The summed E-state index contributed by atoms with van der Waals surface area (Å²) in [6, 6.07) is 9.03. The van der Waals surface area contributed by atoms with Crippen molar-refractivity contribution in [3.05, 3.63) is 106 Å². The largest absolute Gasteiger partial charge is 0.371 e. The van der Waals surface area contributed by atoms with Crippen molar-refractivity contribution in [2.45, 2.75) is 121 Å². The number of unbranched alkanes of at least 4 members (excludes halogenated alkanes) is 2. The van der Waals surface area contributed by atoms with E-state index in [0.717, 1.165) is 36.6 Å². The average Bonchev–Trinajstić information content (AvgIpc) is 3.04. The van der Waals surface area contributed by atoms with Crippen LogP contribution in [0.1, 0.15) is 119 Å². The van der Waals surface area contributed by atoms with Crippen LogP contribution < -0.4 is 5.73 Å². The Morgan fingerprint density at radius 1 is 1.02 bits per heavy atom. The quantitative estimate of drug-likeness (QED) is 0.190. The van der Waals surface area contributed by atoms with E-state index in [9.17, 15) is 0 Å². The summed E-state index contributed by atoms with van der Waals surface area (Å²) in [5.74, 6) is 3.59. The Hall–Kier alpha value is -3.02. The summed E-state index contributed by atoms with van der Waals surface area (Å²) < 4.78 is 0. The SMILES string of the molecule is C.C#CC/C(C)=C(\C=C(CC)\C(=C/C)C(=C)C=C)C(=C/C)/N1CCC(Cc2ccc(C)cc2)CC1.CC.CCCCC.CN. The summed E-state index contributed by atoms with van der Waals surface area (Å²) in [4.78, 5) is 2.56. The zero-order valence-electron chi connectivity index (χ0n) is 29.8. The lowest BCUT2D eigenvalue weighted by Gasteiger charge is -2.36. The molecule has 44 heavy (non-hydrogen) atoms. The molecule has 2 rings (SSSR count). The standard InChI is InChI=1S/C33H43N.C5H12.C2H6.CH5N.CH4/c1-9-14-27(8)32(24-30(11-3)31(12-4)26(7)10-2)33(13-5)34-21-19-29(20-22-34)23-28-17-15-25(6)16-18-28;1-3-5-4-2;2*1-2;/h1,10,12-13,15-18,24,29H,2,7,11,14,19-23H2,3-6,8H3;3-5H2,1-2H3;1-2H3;2H2,1H3;1H4/b30-24+,31-12-,32-27+,33-13-;;;;. The highest BCUT2D eigenvalue weighted by Gasteiger charge is 2.23. The maximum Gasteiger partial charge on any atom is 0.0396 e. The van der Waals surface area contributed by atoms with E-state index >= 15 is 0 Å². The lowest BCUT2D eigenvalue weighted by atomic mass is 9.88. The fourth-order valence-corrected chi connectivity index (χ4v) is 5.19. The maximum absolute atomic E-state index is 5.73. The number of nitrogens with zero attached hydrogens (tertiary/aromatic N) is 1. The lowest BCUT2D eigenvalue weighted by Crippen LogP contribution is -2.34. The van der Waals surface area contributed by atoms with E-state index in [4.69, 9.17) is 6.42 Å². The number of hydrogen-bond donors (Lipinski definition) is 1. The molecule has 2 N–H and O–H groups in total. The Morgan fingerprint density at radius 3 is 1.95 bits per heavy atom. The van der Waals surface area contributed by atoms with Gasteiger partial charge < -0.3 is 10.6 Å². The first-order valence-corrected chi connectivity index (χ1v) is 16.7. The van der Waals surface area contributed by atoms with Crippen molar-refractivity contribution < 1.29 is 0 Å². The number of rotatable bonds is 12. The van der Waals surface area contributed by atoms with Gasteiger partial charge in [-0.05, 0) is 100 Å². The topological polar surface area (TPSA) is 29.3 Å². The molecule has 1 aliphatic rings. The molecule has 0 bridgehead atoms. The Bertz CT molecular complexity index is 1060. The normalized spacial score (nSPS) is 14.1. The molecule has 248 valence electrons. The third-order valence-corrected chi connectivity index (χ3v) is 7.61. The molecule has 0 unspecified atom stereocenters. The molecule has 0 radical (unpaired) electrons. The number of piperidine rings is 1. The second-order valence-corrected chi connectivity index (χ2v) is 10.7. The van der Waals surface area contributed by atoms with Crippen LogP contribution >= 0.6 is 0 Å². The number of likely N-dealkylation sites (tertiary alicyclic amines) is 1. The number of benzene rings is 1. The van der Waals surface area contributed by atoms with Crippen molar-refractivity contribution in [2.24, 2.45) is 11.7 Å². The van der Waals surface area contributed by atoms with Crippen LogP contribution in [-0.4, -0.2) is 25.0 Å². The van der Waals surface area contributed by atoms with Gasteiger partial charge in [0.1, 0.15) is 0 Å². The van der Waals surface area contributed by atoms with Gasteiger partial charge in [-0.25, -0.2) is 0 Å². The summed E-state index contributed by atoms with van der Waals surface area (Å²) >= 11 is 0. The third-order valence-electron chi connectivity index (χ3n) is 7.61. The first-order chi connectivity index (χ1) is 20.8. The second kappa shape index (κ2) is 28.7. The van der Waals surface area contributed by atoms with Crippen molar-refractivity contribution in [2.75, 3.05) is 20.1 Å². The van der Waals surface area contributed by atoms with Gasteiger partial charge in [0.15, 0.2) is 0 Å². The molecule has 0 amide bonds. The minimum Gasteiger partial charge on any atom is -0.371 e. The van der Waals surface area contributed by atoms with Gasteiger partial charge in [0, 0.05) is 25.2 Å². The second-order valence-electron chi connectivity index (χ2n) is 10.7. The van der Waals surface area contributed by atoms with Gasteiger partial charge in [-0.3, -0.25) is 0 Å². The average molecular weight is 603 g/mol. The molecule has 0 aromatic heterocycles. The van der Waals surface area contributed by atoms with Crippen LogP contribution in [-0.2, 0) is 6.42 Å². The summed E-state index contributed by atoms with van der Waals surface area (Å²) in [7, 11) is 1.50.